The van der Waals surface area contributed by atoms with Crippen molar-refractivity contribution in [2.75, 3.05) is 25.1 Å². The standard InChI is InChI=1S/C26H25N3O3S/c1-31-22-11-12-23-24(13-22)33-26(28-23)29-15-20(16-29)25(30)27-14-18-7-9-21(10-8-18)32-17-19-5-3-2-4-6-19/h2-13,20H,14-17H2,1H3,(H,27,30). The van der Waals surface area contributed by atoms with Gasteiger partial charge in [-0.3, -0.25) is 4.79 Å². The van der Waals surface area contributed by atoms with Crippen LogP contribution < -0.4 is 19.7 Å². The molecule has 4 aromatic rings. The number of methoxy groups -OCH3 is 1. The summed E-state index contributed by atoms with van der Waals surface area (Å²) in [6.45, 7) is 2.43. The molecule has 1 saturated heterocycles. The van der Waals surface area contributed by atoms with E-state index in [-0.39, 0.29) is 11.8 Å². The molecule has 0 atom stereocenters. The van der Waals surface area contributed by atoms with Gasteiger partial charge >= 0.3 is 0 Å². The van der Waals surface area contributed by atoms with Gasteiger partial charge in [-0.2, -0.15) is 0 Å². The van der Waals surface area contributed by atoms with Crippen LogP contribution >= 0.6 is 11.3 Å². The highest BCUT2D eigenvalue weighted by molar-refractivity contribution is 7.22. The van der Waals surface area contributed by atoms with Gasteiger partial charge in [-0.05, 0) is 41.5 Å². The Hall–Kier alpha value is -3.58. The van der Waals surface area contributed by atoms with E-state index in [0.717, 1.165) is 38.0 Å². The first-order chi connectivity index (χ1) is 16.2. The zero-order valence-electron chi connectivity index (χ0n) is 18.4. The molecule has 168 valence electrons. The SMILES string of the molecule is COc1ccc2nc(N3CC(C(=O)NCc4ccc(OCc5ccccc5)cc4)C3)sc2c1. The number of nitrogens with zero attached hydrogens (tertiary/aromatic N) is 2. The Morgan fingerprint density at radius 1 is 1.03 bits per heavy atom. The van der Waals surface area contributed by atoms with Gasteiger partial charge in [-0.1, -0.05) is 53.8 Å². The van der Waals surface area contributed by atoms with Crippen LogP contribution in [0.25, 0.3) is 10.2 Å². The lowest BCUT2D eigenvalue weighted by atomic mass is 10.00. The Bertz CT molecular complexity index is 1230. The summed E-state index contributed by atoms with van der Waals surface area (Å²) in [5.74, 6) is 1.71. The van der Waals surface area contributed by atoms with Gasteiger partial charge in [0, 0.05) is 19.6 Å². The lowest BCUT2D eigenvalue weighted by molar-refractivity contribution is -0.125. The molecule has 0 radical (unpaired) electrons. The number of hydrogen-bond acceptors (Lipinski definition) is 6. The maximum absolute atomic E-state index is 12.6. The van der Waals surface area contributed by atoms with Crippen LogP contribution in [0.2, 0.25) is 0 Å². The molecule has 1 N–H and O–H groups in total. The number of ether oxygens (including phenoxy) is 2. The van der Waals surface area contributed by atoms with E-state index in [2.05, 4.69) is 15.2 Å². The van der Waals surface area contributed by atoms with Crippen molar-refractivity contribution < 1.29 is 14.3 Å². The first kappa shape index (κ1) is 21.3. The minimum absolute atomic E-state index is 0.0139. The maximum Gasteiger partial charge on any atom is 0.226 e. The molecule has 0 saturated carbocycles. The summed E-state index contributed by atoms with van der Waals surface area (Å²) in [6, 6.07) is 23.8. The Kier molecular flexibility index (Phi) is 6.13. The molecule has 0 aliphatic carbocycles. The first-order valence-corrected chi connectivity index (χ1v) is 11.7. The van der Waals surface area contributed by atoms with Crippen LogP contribution in [0.1, 0.15) is 11.1 Å². The molecule has 1 aliphatic rings. The summed E-state index contributed by atoms with van der Waals surface area (Å²) >= 11 is 1.63. The van der Waals surface area contributed by atoms with E-state index in [1.54, 1.807) is 18.4 Å². The Morgan fingerprint density at radius 2 is 1.79 bits per heavy atom. The van der Waals surface area contributed by atoms with E-state index >= 15 is 0 Å². The average molecular weight is 460 g/mol. The number of carbonyl (C=O) groups is 1. The largest absolute Gasteiger partial charge is 0.497 e. The third kappa shape index (κ3) is 4.93. The Labute approximate surface area is 196 Å². The normalized spacial score (nSPS) is 13.5. The van der Waals surface area contributed by atoms with Crippen LogP contribution in [0.4, 0.5) is 5.13 Å². The first-order valence-electron chi connectivity index (χ1n) is 10.9. The van der Waals surface area contributed by atoms with E-state index in [4.69, 9.17) is 9.47 Å². The predicted octanol–water partition coefficient (Wildman–Crippen LogP) is 4.64. The molecule has 2 heterocycles. The van der Waals surface area contributed by atoms with E-state index in [1.807, 2.05) is 72.8 Å². The van der Waals surface area contributed by atoms with Crippen molar-refractivity contribution in [1.29, 1.82) is 0 Å². The fourth-order valence-electron chi connectivity index (χ4n) is 3.73. The lowest BCUT2D eigenvalue weighted by Gasteiger charge is -2.37. The molecule has 1 aromatic heterocycles. The van der Waals surface area contributed by atoms with Gasteiger partial charge in [0.15, 0.2) is 5.13 Å². The molecule has 1 amide bonds. The highest BCUT2D eigenvalue weighted by atomic mass is 32.1. The highest BCUT2D eigenvalue weighted by Crippen LogP contribution is 2.34. The van der Waals surface area contributed by atoms with Crippen LogP contribution in [-0.4, -0.2) is 31.1 Å². The minimum Gasteiger partial charge on any atom is -0.497 e. The maximum atomic E-state index is 12.6. The third-order valence-corrected chi connectivity index (χ3v) is 6.82. The van der Waals surface area contributed by atoms with Crippen molar-refractivity contribution in [2.24, 2.45) is 5.92 Å². The van der Waals surface area contributed by atoms with E-state index in [0.29, 0.717) is 26.2 Å². The molecule has 1 aliphatic heterocycles. The summed E-state index contributed by atoms with van der Waals surface area (Å²) < 4.78 is 12.2. The van der Waals surface area contributed by atoms with Crippen molar-refractivity contribution in [1.82, 2.24) is 10.3 Å². The molecular weight excluding hydrogens is 434 g/mol. The molecule has 33 heavy (non-hydrogen) atoms. The molecule has 0 bridgehead atoms. The number of benzene rings is 3. The molecule has 1 fully saturated rings. The number of anilines is 1. The van der Waals surface area contributed by atoms with Crippen molar-refractivity contribution in [3.63, 3.8) is 0 Å². The van der Waals surface area contributed by atoms with Crippen LogP contribution in [0.15, 0.2) is 72.8 Å². The van der Waals surface area contributed by atoms with E-state index < -0.39 is 0 Å². The smallest absolute Gasteiger partial charge is 0.226 e. The summed E-state index contributed by atoms with van der Waals surface area (Å²) in [6.07, 6.45) is 0. The molecule has 5 rings (SSSR count). The topological polar surface area (TPSA) is 63.7 Å². The number of rotatable bonds is 8. The molecule has 7 heteroatoms. The van der Waals surface area contributed by atoms with Crippen molar-refractivity contribution in [3.05, 3.63) is 83.9 Å². The van der Waals surface area contributed by atoms with Crippen LogP contribution in [0, 0.1) is 5.92 Å². The molecule has 0 unspecified atom stereocenters. The van der Waals surface area contributed by atoms with Crippen LogP contribution in [0.3, 0.4) is 0 Å². The zero-order chi connectivity index (χ0) is 22.6. The van der Waals surface area contributed by atoms with Gasteiger partial charge in [-0.25, -0.2) is 4.98 Å². The summed E-state index contributed by atoms with van der Waals surface area (Å²) in [7, 11) is 1.66. The van der Waals surface area contributed by atoms with Crippen LogP contribution in [0.5, 0.6) is 11.5 Å². The van der Waals surface area contributed by atoms with E-state index in [1.165, 1.54) is 0 Å². The second-order valence-electron chi connectivity index (χ2n) is 8.07. The molecule has 6 nitrogen and oxygen atoms in total. The number of amides is 1. The highest BCUT2D eigenvalue weighted by Gasteiger charge is 2.34. The van der Waals surface area contributed by atoms with Gasteiger partial charge in [0.1, 0.15) is 18.1 Å². The number of fused-ring (bicyclic) bond motifs is 1. The van der Waals surface area contributed by atoms with Gasteiger partial charge in [0.2, 0.25) is 5.91 Å². The second kappa shape index (κ2) is 9.50. The van der Waals surface area contributed by atoms with Crippen LogP contribution in [-0.2, 0) is 17.9 Å². The Morgan fingerprint density at radius 3 is 2.55 bits per heavy atom. The number of carbonyl (C=O) groups excluding carboxylic acids is 1. The van der Waals surface area contributed by atoms with Crippen molar-refractivity contribution in [3.8, 4) is 11.5 Å². The summed E-state index contributed by atoms with van der Waals surface area (Å²) in [4.78, 5) is 19.4. The molecule has 3 aromatic carbocycles. The summed E-state index contributed by atoms with van der Waals surface area (Å²) in [5, 5.41) is 4.00. The van der Waals surface area contributed by atoms with Gasteiger partial charge in [-0.15, -0.1) is 0 Å². The number of nitrogens with one attached hydrogen (secondary N) is 1. The fourth-order valence-corrected chi connectivity index (χ4v) is 4.75. The Balaban J connectivity index is 1.08. The second-order valence-corrected chi connectivity index (χ2v) is 9.08. The van der Waals surface area contributed by atoms with Gasteiger partial charge in [0.25, 0.3) is 0 Å². The molecule has 0 spiro atoms. The minimum atomic E-state index is -0.0139. The van der Waals surface area contributed by atoms with E-state index in [9.17, 15) is 4.79 Å². The quantitative estimate of drug-likeness (QED) is 0.416. The predicted molar refractivity (Wildman–Crippen MR) is 131 cm³/mol. The van der Waals surface area contributed by atoms with Crippen molar-refractivity contribution in [2.45, 2.75) is 13.2 Å². The zero-order valence-corrected chi connectivity index (χ0v) is 19.2. The molecular formula is C26H25N3O3S. The lowest BCUT2D eigenvalue weighted by Crippen LogP contribution is -2.53. The summed E-state index contributed by atoms with van der Waals surface area (Å²) in [5.41, 5.74) is 3.14. The fraction of sp³-hybridized carbons (Fsp3) is 0.231. The average Bonchev–Trinajstić information content (AvgIpc) is 3.24. The number of aromatic nitrogens is 1. The monoisotopic (exact) mass is 459 g/mol. The third-order valence-electron chi connectivity index (χ3n) is 5.75. The van der Waals surface area contributed by atoms with Crippen molar-refractivity contribution >= 4 is 32.6 Å². The van der Waals surface area contributed by atoms with Gasteiger partial charge in [0.05, 0.1) is 23.2 Å². The number of thiazole rings is 1. The number of hydrogen-bond donors (Lipinski definition) is 1. The van der Waals surface area contributed by atoms with Gasteiger partial charge < -0.3 is 19.7 Å².